The average molecular weight is 243 g/mol. The molecule has 0 heterocycles. The van der Waals surface area contributed by atoms with Crippen molar-refractivity contribution in [2.24, 2.45) is 0 Å². The Balaban J connectivity index is 2.10. The van der Waals surface area contributed by atoms with Gasteiger partial charge in [0, 0.05) is 5.56 Å². The van der Waals surface area contributed by atoms with Crippen LogP contribution < -0.4 is 5.32 Å². The van der Waals surface area contributed by atoms with Crippen LogP contribution in [0.3, 0.4) is 0 Å². The van der Waals surface area contributed by atoms with E-state index in [2.05, 4.69) is 5.32 Å². The van der Waals surface area contributed by atoms with Crippen molar-refractivity contribution in [3.63, 3.8) is 0 Å². The minimum atomic E-state index is -0.622. The predicted molar refractivity (Wildman–Crippen MR) is 69.1 cm³/mol. The van der Waals surface area contributed by atoms with E-state index in [0.717, 1.165) is 5.56 Å². The highest BCUT2D eigenvalue weighted by atomic mass is 19.1. The minimum absolute atomic E-state index is 0.262. The third-order valence-electron chi connectivity index (χ3n) is 2.70. The van der Waals surface area contributed by atoms with Crippen LogP contribution in [0.1, 0.15) is 22.0 Å². The summed E-state index contributed by atoms with van der Waals surface area (Å²) < 4.78 is 13.0. The van der Waals surface area contributed by atoms with Crippen molar-refractivity contribution in [2.45, 2.75) is 6.04 Å². The number of hydrogen-bond acceptors (Lipinski definition) is 1. The zero-order valence-corrected chi connectivity index (χ0v) is 9.84. The molecule has 0 unspecified atom stereocenters. The van der Waals surface area contributed by atoms with Crippen molar-refractivity contribution in [1.29, 1.82) is 0 Å². The van der Waals surface area contributed by atoms with Crippen molar-refractivity contribution >= 4 is 5.91 Å². The lowest BCUT2D eigenvalue weighted by atomic mass is 10.1. The van der Waals surface area contributed by atoms with E-state index in [1.165, 1.54) is 0 Å². The summed E-state index contributed by atoms with van der Waals surface area (Å²) >= 11 is 0. The number of nitrogens with one attached hydrogen (secondary N) is 1. The van der Waals surface area contributed by atoms with E-state index in [1.807, 2.05) is 24.3 Å². The molecule has 1 N–H and O–H groups in total. The molecule has 92 valence electrons. The molecular formula is C15H14FNO. The maximum absolute atomic E-state index is 13.0. The highest BCUT2D eigenvalue weighted by Crippen LogP contribution is 2.13. The van der Waals surface area contributed by atoms with Crippen molar-refractivity contribution in [2.75, 3.05) is 6.67 Å². The molecule has 2 aromatic carbocycles. The van der Waals surface area contributed by atoms with Gasteiger partial charge in [-0.05, 0) is 17.7 Å². The fourth-order valence-electron chi connectivity index (χ4n) is 1.73. The molecule has 2 nitrogen and oxygen atoms in total. The number of halogens is 1. The summed E-state index contributed by atoms with van der Waals surface area (Å²) in [6, 6.07) is 17.3. The first kappa shape index (κ1) is 12.3. The van der Waals surface area contributed by atoms with Crippen molar-refractivity contribution < 1.29 is 9.18 Å². The van der Waals surface area contributed by atoms with Gasteiger partial charge < -0.3 is 5.32 Å². The first-order chi connectivity index (χ1) is 8.81. The van der Waals surface area contributed by atoms with Gasteiger partial charge in [0.05, 0.1) is 6.04 Å². The van der Waals surface area contributed by atoms with Crippen molar-refractivity contribution in [1.82, 2.24) is 5.32 Å². The summed E-state index contributed by atoms with van der Waals surface area (Å²) in [5.74, 6) is -0.262. The number of benzene rings is 2. The maximum atomic E-state index is 13.0. The fraction of sp³-hybridized carbons (Fsp3) is 0.133. The van der Waals surface area contributed by atoms with Gasteiger partial charge in [-0.1, -0.05) is 48.5 Å². The minimum Gasteiger partial charge on any atom is -0.343 e. The van der Waals surface area contributed by atoms with Gasteiger partial charge in [-0.2, -0.15) is 0 Å². The average Bonchev–Trinajstić information content (AvgIpc) is 2.46. The molecule has 0 radical (unpaired) electrons. The van der Waals surface area contributed by atoms with Crippen LogP contribution in [0.2, 0.25) is 0 Å². The van der Waals surface area contributed by atoms with Crippen molar-refractivity contribution in [3.05, 3.63) is 71.8 Å². The van der Waals surface area contributed by atoms with Crippen LogP contribution in [0.25, 0.3) is 0 Å². The molecule has 1 atom stereocenters. The molecular weight excluding hydrogens is 229 g/mol. The lowest BCUT2D eigenvalue weighted by Crippen LogP contribution is -2.29. The normalized spacial score (nSPS) is 11.8. The summed E-state index contributed by atoms with van der Waals surface area (Å²) in [6.45, 7) is -0.622. The summed E-state index contributed by atoms with van der Waals surface area (Å²) in [5, 5.41) is 2.69. The maximum Gasteiger partial charge on any atom is 0.251 e. The molecule has 18 heavy (non-hydrogen) atoms. The third kappa shape index (κ3) is 2.94. The van der Waals surface area contributed by atoms with Gasteiger partial charge in [0.25, 0.3) is 5.91 Å². The Kier molecular flexibility index (Phi) is 4.07. The number of carbonyl (C=O) groups is 1. The predicted octanol–water partition coefficient (Wildman–Crippen LogP) is 3.13. The quantitative estimate of drug-likeness (QED) is 0.878. The summed E-state index contributed by atoms with van der Waals surface area (Å²) in [5.41, 5.74) is 1.30. The van der Waals surface area contributed by atoms with Gasteiger partial charge >= 0.3 is 0 Å². The van der Waals surface area contributed by atoms with E-state index < -0.39 is 12.7 Å². The van der Waals surface area contributed by atoms with E-state index >= 15 is 0 Å². The molecule has 3 heteroatoms. The highest BCUT2D eigenvalue weighted by Gasteiger charge is 2.14. The summed E-state index contributed by atoms with van der Waals surface area (Å²) in [7, 11) is 0. The standard InChI is InChI=1S/C15H14FNO/c16-11-14(12-7-3-1-4-8-12)17-15(18)13-9-5-2-6-10-13/h1-10,14H,11H2,(H,17,18)/t14-/m1/s1. The molecule has 0 aliphatic heterocycles. The lowest BCUT2D eigenvalue weighted by molar-refractivity contribution is 0.0929. The van der Waals surface area contributed by atoms with E-state index in [0.29, 0.717) is 5.56 Å². The van der Waals surface area contributed by atoms with Gasteiger partial charge in [0.1, 0.15) is 6.67 Å². The Morgan fingerprint density at radius 3 is 2.11 bits per heavy atom. The Bertz CT molecular complexity index is 498. The van der Waals surface area contributed by atoms with E-state index in [4.69, 9.17) is 0 Å². The monoisotopic (exact) mass is 243 g/mol. The van der Waals surface area contributed by atoms with Gasteiger partial charge in [0.15, 0.2) is 0 Å². The second kappa shape index (κ2) is 5.96. The molecule has 0 fully saturated rings. The first-order valence-electron chi connectivity index (χ1n) is 5.78. The molecule has 0 aromatic heterocycles. The number of alkyl halides is 1. The second-order valence-corrected chi connectivity index (χ2v) is 3.96. The zero-order chi connectivity index (χ0) is 12.8. The van der Waals surface area contributed by atoms with E-state index in [9.17, 15) is 9.18 Å². The Labute approximate surface area is 105 Å². The molecule has 1 amide bonds. The van der Waals surface area contributed by atoms with Gasteiger partial charge in [-0.15, -0.1) is 0 Å². The van der Waals surface area contributed by atoms with Crippen LogP contribution in [-0.4, -0.2) is 12.6 Å². The van der Waals surface area contributed by atoms with Crippen LogP contribution in [0.4, 0.5) is 4.39 Å². The summed E-state index contributed by atoms with van der Waals surface area (Å²) in [4.78, 5) is 11.9. The number of rotatable bonds is 4. The van der Waals surface area contributed by atoms with Gasteiger partial charge in [-0.3, -0.25) is 4.79 Å². The Morgan fingerprint density at radius 1 is 1.00 bits per heavy atom. The molecule has 0 saturated carbocycles. The van der Waals surface area contributed by atoms with E-state index in [-0.39, 0.29) is 5.91 Å². The Hall–Kier alpha value is -2.16. The van der Waals surface area contributed by atoms with Gasteiger partial charge in [0.2, 0.25) is 0 Å². The molecule has 2 rings (SSSR count). The second-order valence-electron chi connectivity index (χ2n) is 3.96. The molecule has 0 aliphatic rings. The van der Waals surface area contributed by atoms with Gasteiger partial charge in [-0.25, -0.2) is 4.39 Å². The van der Waals surface area contributed by atoms with Crippen molar-refractivity contribution in [3.8, 4) is 0 Å². The van der Waals surface area contributed by atoms with Crippen LogP contribution in [0.15, 0.2) is 60.7 Å². The topological polar surface area (TPSA) is 29.1 Å². The van der Waals surface area contributed by atoms with Crippen LogP contribution >= 0.6 is 0 Å². The largest absolute Gasteiger partial charge is 0.343 e. The molecule has 0 saturated heterocycles. The van der Waals surface area contributed by atoms with Crippen LogP contribution in [0, 0.1) is 0 Å². The molecule has 0 spiro atoms. The smallest absolute Gasteiger partial charge is 0.251 e. The zero-order valence-electron chi connectivity index (χ0n) is 9.84. The first-order valence-corrected chi connectivity index (χ1v) is 5.78. The van der Waals surface area contributed by atoms with Crippen LogP contribution in [-0.2, 0) is 0 Å². The summed E-state index contributed by atoms with van der Waals surface area (Å²) in [6.07, 6.45) is 0. The molecule has 0 bridgehead atoms. The lowest BCUT2D eigenvalue weighted by Gasteiger charge is -2.15. The molecule has 0 aliphatic carbocycles. The SMILES string of the molecule is O=C(N[C@H](CF)c1ccccc1)c1ccccc1. The number of amides is 1. The highest BCUT2D eigenvalue weighted by molar-refractivity contribution is 5.94. The number of hydrogen-bond donors (Lipinski definition) is 1. The van der Waals surface area contributed by atoms with Crippen LogP contribution in [0.5, 0.6) is 0 Å². The third-order valence-corrected chi connectivity index (χ3v) is 2.70. The Morgan fingerprint density at radius 2 is 1.56 bits per heavy atom. The number of carbonyl (C=O) groups excluding carboxylic acids is 1. The molecule has 2 aromatic rings. The van der Waals surface area contributed by atoms with E-state index in [1.54, 1.807) is 36.4 Å². The fourth-order valence-corrected chi connectivity index (χ4v) is 1.73.